The van der Waals surface area contributed by atoms with Crippen molar-refractivity contribution < 1.29 is 15.3 Å². The van der Waals surface area contributed by atoms with Crippen molar-refractivity contribution in [3.8, 4) is 0 Å². The molecule has 0 atom stereocenters. The third-order valence-corrected chi connectivity index (χ3v) is 1.95. The highest BCUT2D eigenvalue weighted by Gasteiger charge is 2.00. The minimum Gasteiger partial charge on any atom is -0.258 e. The molecule has 0 aliphatic carbocycles. The summed E-state index contributed by atoms with van der Waals surface area (Å²) in [7, 11) is -4.00. The van der Waals surface area contributed by atoms with Gasteiger partial charge in [0.1, 0.15) is 0 Å². The Labute approximate surface area is 86.8 Å². The predicted molar refractivity (Wildman–Crippen MR) is 53.8 cm³/mol. The summed E-state index contributed by atoms with van der Waals surface area (Å²) in [5.41, 5.74) is 0.480. The summed E-state index contributed by atoms with van der Waals surface area (Å²) in [5, 5.41) is 4.63. The van der Waals surface area contributed by atoms with E-state index in [1.807, 2.05) is 0 Å². The minimum absolute atomic E-state index is 0.0759. The van der Waals surface area contributed by atoms with Crippen LogP contribution >= 0.6 is 0 Å². The van der Waals surface area contributed by atoms with Crippen molar-refractivity contribution in [3.63, 3.8) is 0 Å². The lowest BCUT2D eigenvalue weighted by atomic mass is 10.1. The van der Waals surface area contributed by atoms with E-state index in [-0.39, 0.29) is 13.0 Å². The van der Waals surface area contributed by atoms with Gasteiger partial charge in [-0.3, -0.25) is 4.18 Å². The van der Waals surface area contributed by atoms with Gasteiger partial charge in [-0.25, -0.2) is 5.14 Å². The van der Waals surface area contributed by atoms with E-state index < -0.39 is 16.7 Å². The highest BCUT2D eigenvalue weighted by Crippen LogP contribution is 2.02. The van der Waals surface area contributed by atoms with Gasteiger partial charge in [0, 0.05) is 2.74 Å². The highest BCUT2D eigenvalue weighted by atomic mass is 32.2. The van der Waals surface area contributed by atoms with Crippen molar-refractivity contribution >= 4 is 10.3 Å². The molecule has 0 bridgehead atoms. The first kappa shape index (κ1) is 8.40. The maximum Gasteiger partial charge on any atom is 0.333 e. The Hall–Kier alpha value is -0.910. The lowest BCUT2D eigenvalue weighted by molar-refractivity contribution is 0.313. The normalized spacial score (nSPS) is 14.6. The number of hydrogen-bond donors (Lipinski definition) is 1. The van der Waals surface area contributed by atoms with Crippen molar-refractivity contribution in [3.05, 3.63) is 35.9 Å². The average Bonchev–Trinajstić information content (AvgIpc) is 2.17. The quantitative estimate of drug-likeness (QED) is 0.794. The average molecular weight is 217 g/mol. The SMILES string of the molecule is [2H]C([2H])(CCOS(N)(=O)=O)c1ccccc1. The van der Waals surface area contributed by atoms with E-state index in [1.165, 1.54) is 0 Å². The maximum atomic E-state index is 10.5. The Morgan fingerprint density at radius 1 is 1.36 bits per heavy atom. The first-order chi connectivity index (χ1) is 7.31. The zero-order valence-corrected chi connectivity index (χ0v) is 8.33. The van der Waals surface area contributed by atoms with Crippen molar-refractivity contribution in [1.82, 2.24) is 0 Å². The molecule has 0 fully saturated rings. The fourth-order valence-corrected chi connectivity index (χ4v) is 1.22. The predicted octanol–water partition coefficient (Wildman–Crippen LogP) is 0.839. The van der Waals surface area contributed by atoms with Crippen LogP contribution in [0.25, 0.3) is 0 Å². The molecule has 2 N–H and O–H groups in total. The van der Waals surface area contributed by atoms with Gasteiger partial charge < -0.3 is 0 Å². The number of rotatable bonds is 5. The molecular weight excluding hydrogens is 202 g/mol. The first-order valence-corrected chi connectivity index (χ1v) is 5.51. The minimum atomic E-state index is -4.00. The fraction of sp³-hybridized carbons (Fsp3) is 0.333. The van der Waals surface area contributed by atoms with Crippen LogP contribution in [-0.2, 0) is 20.9 Å². The van der Waals surface area contributed by atoms with Crippen molar-refractivity contribution in [1.29, 1.82) is 0 Å². The summed E-state index contributed by atoms with van der Waals surface area (Å²) in [6, 6.07) is 8.48. The van der Waals surface area contributed by atoms with Gasteiger partial charge in [-0.2, -0.15) is 8.42 Å². The number of benzene rings is 1. The van der Waals surface area contributed by atoms with E-state index in [4.69, 9.17) is 2.74 Å². The molecule has 0 saturated heterocycles. The molecule has 0 heterocycles. The van der Waals surface area contributed by atoms with Gasteiger partial charge >= 0.3 is 10.3 Å². The molecule has 0 amide bonds. The van der Waals surface area contributed by atoms with E-state index in [1.54, 1.807) is 30.3 Å². The maximum absolute atomic E-state index is 10.5. The van der Waals surface area contributed by atoms with E-state index in [9.17, 15) is 8.42 Å². The summed E-state index contributed by atoms with van der Waals surface area (Å²) in [6.07, 6.45) is -1.71. The van der Waals surface area contributed by atoms with Gasteiger partial charge in [-0.05, 0) is 18.4 Å². The lowest BCUT2D eigenvalue weighted by Crippen LogP contribution is -2.16. The van der Waals surface area contributed by atoms with Crippen LogP contribution in [0.4, 0.5) is 0 Å². The Morgan fingerprint density at radius 3 is 2.57 bits per heavy atom. The lowest BCUT2D eigenvalue weighted by Gasteiger charge is -2.01. The van der Waals surface area contributed by atoms with Gasteiger partial charge in [0.15, 0.2) is 0 Å². The van der Waals surface area contributed by atoms with Crippen LogP contribution in [0.1, 0.15) is 14.7 Å². The molecule has 14 heavy (non-hydrogen) atoms. The summed E-state index contributed by atoms with van der Waals surface area (Å²) >= 11 is 0. The zero-order valence-electron chi connectivity index (χ0n) is 9.51. The van der Waals surface area contributed by atoms with Crippen LogP contribution < -0.4 is 5.14 Å². The van der Waals surface area contributed by atoms with Crippen molar-refractivity contribution in [2.45, 2.75) is 12.8 Å². The Kier molecular flexibility index (Phi) is 3.06. The zero-order chi connectivity index (χ0) is 12.2. The van der Waals surface area contributed by atoms with Crippen LogP contribution in [-0.4, -0.2) is 15.0 Å². The van der Waals surface area contributed by atoms with Gasteiger partial charge in [-0.15, -0.1) is 0 Å². The Balaban J connectivity index is 2.59. The van der Waals surface area contributed by atoms with Crippen LogP contribution in [0.2, 0.25) is 0 Å². The smallest absolute Gasteiger partial charge is 0.258 e. The largest absolute Gasteiger partial charge is 0.333 e. The third-order valence-electron chi connectivity index (χ3n) is 1.45. The molecule has 4 nitrogen and oxygen atoms in total. The van der Waals surface area contributed by atoms with Crippen LogP contribution in [0.3, 0.4) is 0 Å². The van der Waals surface area contributed by atoms with Crippen LogP contribution in [0.5, 0.6) is 0 Å². The molecule has 1 rings (SSSR count). The molecule has 1 aromatic rings. The van der Waals surface area contributed by atoms with E-state index in [0.29, 0.717) is 5.56 Å². The monoisotopic (exact) mass is 217 g/mol. The molecule has 78 valence electrons. The molecule has 0 unspecified atom stereocenters. The molecule has 0 radical (unpaired) electrons. The molecular formula is C9H13NO3S. The van der Waals surface area contributed by atoms with Crippen molar-refractivity contribution in [2.75, 3.05) is 6.61 Å². The number of aryl methyl sites for hydroxylation is 1. The number of hydrogen-bond acceptors (Lipinski definition) is 3. The van der Waals surface area contributed by atoms with Gasteiger partial charge in [0.2, 0.25) is 0 Å². The van der Waals surface area contributed by atoms with Gasteiger partial charge in [-0.1, -0.05) is 30.3 Å². The first-order valence-electron chi connectivity index (χ1n) is 5.04. The van der Waals surface area contributed by atoms with Gasteiger partial charge in [0.05, 0.1) is 6.61 Å². The highest BCUT2D eigenvalue weighted by molar-refractivity contribution is 7.84. The summed E-state index contributed by atoms with van der Waals surface area (Å²) in [4.78, 5) is 0. The second kappa shape index (κ2) is 5.09. The van der Waals surface area contributed by atoms with E-state index in [2.05, 4.69) is 9.32 Å². The van der Waals surface area contributed by atoms with Crippen LogP contribution in [0.15, 0.2) is 30.3 Å². The van der Waals surface area contributed by atoms with Gasteiger partial charge in [0.25, 0.3) is 0 Å². The molecule has 0 aliphatic rings. The Bertz CT molecular complexity index is 433. The molecule has 0 aromatic heterocycles. The molecule has 1 aromatic carbocycles. The third kappa shape index (κ3) is 4.96. The molecule has 5 heteroatoms. The van der Waals surface area contributed by atoms with E-state index >= 15 is 0 Å². The summed E-state index contributed by atoms with van der Waals surface area (Å²) < 4.78 is 40.7. The second-order valence-electron chi connectivity index (χ2n) is 2.61. The van der Waals surface area contributed by atoms with E-state index in [0.717, 1.165) is 0 Å². The molecule has 0 saturated carbocycles. The fourth-order valence-electron chi connectivity index (χ4n) is 0.909. The topological polar surface area (TPSA) is 69.4 Å². The Morgan fingerprint density at radius 2 is 2.00 bits per heavy atom. The number of nitrogens with two attached hydrogens (primary N) is 1. The second-order valence-corrected chi connectivity index (χ2v) is 3.83. The molecule has 0 spiro atoms. The van der Waals surface area contributed by atoms with Crippen molar-refractivity contribution in [2.24, 2.45) is 5.14 Å². The summed E-state index contributed by atoms with van der Waals surface area (Å²) in [5.74, 6) is 0. The van der Waals surface area contributed by atoms with Crippen LogP contribution in [0, 0.1) is 0 Å². The standard InChI is InChI=1S/C9H13NO3S/c10-14(11,12)13-8-4-7-9-5-2-1-3-6-9/h1-3,5-6H,4,7-8H2,(H2,10,11,12)/i7D2. The summed E-state index contributed by atoms with van der Waals surface area (Å²) in [6.45, 7) is -0.277. The molecule has 0 aliphatic heterocycles.